The van der Waals surface area contributed by atoms with Crippen molar-refractivity contribution in [2.45, 2.75) is 19.4 Å². The van der Waals surface area contributed by atoms with Crippen LogP contribution in [-0.4, -0.2) is 66.2 Å². The van der Waals surface area contributed by atoms with E-state index in [0.717, 1.165) is 19.5 Å². The standard InChI is InChI=1S/C28H30F2N8O4/c1-16-13-17(3-4-19(16)26(39)33-10-11-34-28(41)37-18-7-9-32-14-18)36-27(40)25-35-15-21(38(25)2)20-5-6-22(42-12-8-31)24(30)23(20)29/h3-6,13,15,18,32H,7,9-12,14H2,1-2H3,(H,33,39)(H,36,40)(H2,34,37,41)/t18-/m0/s1. The van der Waals surface area contributed by atoms with Crippen molar-refractivity contribution in [2.24, 2.45) is 7.05 Å². The van der Waals surface area contributed by atoms with Crippen molar-refractivity contribution in [3.05, 3.63) is 65.1 Å². The molecule has 0 bridgehead atoms. The van der Waals surface area contributed by atoms with Gasteiger partial charge in [0, 0.05) is 49.5 Å². The van der Waals surface area contributed by atoms with E-state index >= 15 is 0 Å². The monoisotopic (exact) mass is 580 g/mol. The third-order valence-corrected chi connectivity index (χ3v) is 6.63. The quantitative estimate of drug-likeness (QED) is 0.230. The number of anilines is 1. The van der Waals surface area contributed by atoms with E-state index in [1.54, 1.807) is 31.2 Å². The van der Waals surface area contributed by atoms with Gasteiger partial charge < -0.3 is 35.9 Å². The van der Waals surface area contributed by atoms with Crippen LogP contribution in [0.3, 0.4) is 0 Å². The molecule has 3 aromatic rings. The number of nitrogens with zero attached hydrogens (tertiary/aromatic N) is 3. The minimum atomic E-state index is -1.26. The highest BCUT2D eigenvalue weighted by molar-refractivity contribution is 6.03. The molecule has 2 heterocycles. The molecule has 1 fully saturated rings. The summed E-state index contributed by atoms with van der Waals surface area (Å²) in [6.07, 6.45) is 2.12. The van der Waals surface area contributed by atoms with Gasteiger partial charge in [0.1, 0.15) is 6.07 Å². The molecule has 0 radical (unpaired) electrons. The normalized spacial score (nSPS) is 14.1. The van der Waals surface area contributed by atoms with E-state index in [1.165, 1.54) is 29.9 Å². The number of imidazole rings is 1. The fraction of sp³-hybridized carbons (Fsp3) is 0.321. The third kappa shape index (κ3) is 6.99. The molecule has 0 aliphatic carbocycles. The molecule has 0 saturated carbocycles. The van der Waals surface area contributed by atoms with Gasteiger partial charge in [0.15, 0.2) is 24.0 Å². The molecule has 220 valence electrons. The number of amides is 4. The van der Waals surface area contributed by atoms with Crippen LogP contribution in [0.2, 0.25) is 0 Å². The van der Waals surface area contributed by atoms with Gasteiger partial charge in [0.05, 0.1) is 11.9 Å². The zero-order valence-electron chi connectivity index (χ0n) is 23.0. The largest absolute Gasteiger partial charge is 0.476 e. The van der Waals surface area contributed by atoms with E-state index in [9.17, 15) is 23.2 Å². The summed E-state index contributed by atoms with van der Waals surface area (Å²) in [4.78, 5) is 41.5. The van der Waals surface area contributed by atoms with Crippen LogP contribution in [0.25, 0.3) is 11.3 Å². The van der Waals surface area contributed by atoms with E-state index in [-0.39, 0.29) is 48.2 Å². The molecular formula is C28H30F2N8O4. The fourth-order valence-corrected chi connectivity index (χ4v) is 4.47. The average Bonchev–Trinajstić information content (AvgIpc) is 3.61. The number of urea groups is 1. The second-order valence-corrected chi connectivity index (χ2v) is 9.54. The molecule has 14 heteroatoms. The number of halogens is 2. The highest BCUT2D eigenvalue weighted by Crippen LogP contribution is 2.30. The van der Waals surface area contributed by atoms with Crippen LogP contribution < -0.4 is 31.3 Å². The lowest BCUT2D eigenvalue weighted by Gasteiger charge is -2.13. The number of benzene rings is 2. The van der Waals surface area contributed by atoms with Crippen LogP contribution in [-0.2, 0) is 7.05 Å². The highest BCUT2D eigenvalue weighted by atomic mass is 19.2. The molecule has 5 N–H and O–H groups in total. The summed E-state index contributed by atoms with van der Waals surface area (Å²) in [5.74, 6) is -3.86. The Morgan fingerprint density at radius 1 is 1.14 bits per heavy atom. The number of ether oxygens (including phenoxy) is 1. The predicted molar refractivity (Wildman–Crippen MR) is 149 cm³/mol. The van der Waals surface area contributed by atoms with Crippen molar-refractivity contribution in [1.29, 1.82) is 5.26 Å². The fourth-order valence-electron chi connectivity index (χ4n) is 4.47. The SMILES string of the molecule is Cc1cc(NC(=O)c2ncc(-c3ccc(OCC#N)c(F)c3F)n2C)ccc1C(=O)NCCNC(=O)N[C@H]1CCNC1. The van der Waals surface area contributed by atoms with Gasteiger partial charge in [0.2, 0.25) is 5.82 Å². The van der Waals surface area contributed by atoms with Crippen LogP contribution >= 0.6 is 0 Å². The molecule has 1 atom stereocenters. The minimum Gasteiger partial charge on any atom is -0.476 e. The zero-order valence-corrected chi connectivity index (χ0v) is 23.0. The Morgan fingerprint density at radius 3 is 2.64 bits per heavy atom. The number of carbonyl (C=O) groups is 3. The Morgan fingerprint density at radius 2 is 1.93 bits per heavy atom. The summed E-state index contributed by atoms with van der Waals surface area (Å²) in [7, 11) is 1.48. The zero-order chi connectivity index (χ0) is 30.2. The van der Waals surface area contributed by atoms with E-state index in [4.69, 9.17) is 10.00 Å². The van der Waals surface area contributed by atoms with Gasteiger partial charge in [-0.15, -0.1) is 0 Å². The molecule has 4 rings (SSSR count). The first-order valence-corrected chi connectivity index (χ1v) is 13.1. The summed E-state index contributed by atoms with van der Waals surface area (Å²) in [5, 5.41) is 22.8. The molecule has 12 nitrogen and oxygen atoms in total. The van der Waals surface area contributed by atoms with E-state index < -0.39 is 29.9 Å². The van der Waals surface area contributed by atoms with Gasteiger partial charge >= 0.3 is 6.03 Å². The number of hydrogen-bond acceptors (Lipinski definition) is 7. The van der Waals surface area contributed by atoms with Crippen molar-refractivity contribution in [2.75, 3.05) is 38.1 Å². The van der Waals surface area contributed by atoms with Crippen LogP contribution in [0.1, 0.15) is 33.0 Å². The maximum Gasteiger partial charge on any atom is 0.315 e. The van der Waals surface area contributed by atoms with Crippen LogP contribution in [0.15, 0.2) is 36.5 Å². The smallest absolute Gasteiger partial charge is 0.315 e. The summed E-state index contributed by atoms with van der Waals surface area (Å²) in [5.41, 5.74) is 1.40. The van der Waals surface area contributed by atoms with E-state index in [2.05, 4.69) is 31.6 Å². The van der Waals surface area contributed by atoms with Gasteiger partial charge in [-0.05, 0) is 55.8 Å². The first-order chi connectivity index (χ1) is 20.2. The Hall–Kier alpha value is -5.03. The first-order valence-electron chi connectivity index (χ1n) is 13.1. The Labute approximate surface area is 240 Å². The lowest BCUT2D eigenvalue weighted by molar-refractivity contribution is 0.0952. The molecule has 1 aliphatic heterocycles. The van der Waals surface area contributed by atoms with Crippen LogP contribution in [0.5, 0.6) is 5.75 Å². The first kappa shape index (κ1) is 29.9. The van der Waals surface area contributed by atoms with Crippen LogP contribution in [0.4, 0.5) is 19.3 Å². The molecule has 1 aromatic heterocycles. The average molecular weight is 581 g/mol. The molecule has 2 aromatic carbocycles. The number of aromatic nitrogens is 2. The van der Waals surface area contributed by atoms with E-state index in [0.29, 0.717) is 16.8 Å². The van der Waals surface area contributed by atoms with Crippen molar-refractivity contribution >= 4 is 23.5 Å². The van der Waals surface area contributed by atoms with Crippen molar-refractivity contribution < 1.29 is 27.9 Å². The third-order valence-electron chi connectivity index (χ3n) is 6.63. The lowest BCUT2D eigenvalue weighted by atomic mass is 10.1. The molecule has 1 aliphatic rings. The number of carbonyl (C=O) groups excluding carboxylic acids is 3. The summed E-state index contributed by atoms with van der Waals surface area (Å²) < 4.78 is 35.3. The molecule has 4 amide bonds. The maximum absolute atomic E-state index is 14.7. The molecular weight excluding hydrogens is 550 g/mol. The number of nitrogens with one attached hydrogen (secondary N) is 5. The number of aryl methyl sites for hydroxylation is 1. The summed E-state index contributed by atoms with van der Waals surface area (Å²) >= 11 is 0. The number of hydrogen-bond donors (Lipinski definition) is 5. The molecule has 1 saturated heterocycles. The molecule has 42 heavy (non-hydrogen) atoms. The Balaban J connectivity index is 1.34. The predicted octanol–water partition coefficient (Wildman–Crippen LogP) is 2.22. The second kappa shape index (κ2) is 13.6. The van der Waals surface area contributed by atoms with Crippen molar-refractivity contribution in [1.82, 2.24) is 30.8 Å². The second-order valence-electron chi connectivity index (χ2n) is 9.54. The molecule has 0 spiro atoms. The summed E-state index contributed by atoms with van der Waals surface area (Å²) in [6, 6.07) is 8.70. The number of nitriles is 1. The highest BCUT2D eigenvalue weighted by Gasteiger charge is 2.22. The molecule has 0 unspecified atom stereocenters. The van der Waals surface area contributed by atoms with Gasteiger partial charge in [0.25, 0.3) is 11.8 Å². The number of rotatable bonds is 10. The Kier molecular flexibility index (Phi) is 9.66. The van der Waals surface area contributed by atoms with Gasteiger partial charge in [-0.3, -0.25) is 9.59 Å². The Bertz CT molecular complexity index is 1530. The van der Waals surface area contributed by atoms with Gasteiger partial charge in [-0.25, -0.2) is 14.2 Å². The minimum absolute atomic E-state index is 0.0604. The topological polar surface area (TPSA) is 162 Å². The van der Waals surface area contributed by atoms with Crippen molar-refractivity contribution in [3.63, 3.8) is 0 Å². The van der Waals surface area contributed by atoms with Gasteiger partial charge in [-0.1, -0.05) is 0 Å². The van der Waals surface area contributed by atoms with Crippen LogP contribution in [0, 0.1) is 29.9 Å². The lowest BCUT2D eigenvalue weighted by Crippen LogP contribution is -2.45. The maximum atomic E-state index is 14.7. The van der Waals surface area contributed by atoms with Crippen molar-refractivity contribution in [3.8, 4) is 23.1 Å². The van der Waals surface area contributed by atoms with Gasteiger partial charge in [-0.2, -0.15) is 9.65 Å². The van der Waals surface area contributed by atoms with E-state index in [1.807, 2.05) is 0 Å². The summed E-state index contributed by atoms with van der Waals surface area (Å²) in [6.45, 7) is 3.37.